The minimum Gasteiger partial charge on any atom is -0.463 e. The second-order valence-electron chi connectivity index (χ2n) is 7.65. The van der Waals surface area contributed by atoms with E-state index in [1.165, 1.54) is 18.2 Å². The summed E-state index contributed by atoms with van der Waals surface area (Å²) < 4.78 is 59.3. The molecule has 0 unspecified atom stereocenters. The smallest absolute Gasteiger partial charge is 0.310 e. The van der Waals surface area contributed by atoms with Crippen LogP contribution in [-0.2, 0) is 25.8 Å². The van der Waals surface area contributed by atoms with Crippen LogP contribution in [0.4, 0.5) is 8.78 Å². The third-order valence-electron chi connectivity index (χ3n) is 4.75. The lowest BCUT2D eigenvalue weighted by Crippen LogP contribution is -2.13. The summed E-state index contributed by atoms with van der Waals surface area (Å²) in [4.78, 5) is 11.9. The Bertz CT molecular complexity index is 1250. The molecule has 3 rings (SSSR count). The van der Waals surface area contributed by atoms with Gasteiger partial charge in [0.1, 0.15) is 11.6 Å². The number of benzene rings is 2. The lowest BCUT2D eigenvalue weighted by Gasteiger charge is -2.16. The van der Waals surface area contributed by atoms with E-state index in [4.69, 9.17) is 4.74 Å². The normalized spacial score (nSPS) is 11.7. The number of halogens is 2. The molecule has 0 saturated carbocycles. The first kappa shape index (κ1) is 22.7. The van der Waals surface area contributed by atoms with E-state index in [0.717, 1.165) is 18.4 Å². The Balaban J connectivity index is 2.12. The van der Waals surface area contributed by atoms with E-state index in [2.05, 4.69) is 0 Å². The molecule has 2 aromatic carbocycles. The van der Waals surface area contributed by atoms with Gasteiger partial charge in [0, 0.05) is 36.0 Å². The fourth-order valence-corrected chi connectivity index (χ4v) is 3.97. The monoisotopic (exact) mass is 447 g/mol. The predicted molar refractivity (Wildman–Crippen MR) is 114 cm³/mol. The molecular weight excluding hydrogens is 424 g/mol. The van der Waals surface area contributed by atoms with Gasteiger partial charge < -0.3 is 9.30 Å². The second kappa shape index (κ2) is 8.63. The summed E-state index contributed by atoms with van der Waals surface area (Å²) in [5.74, 6) is -1.88. The number of ether oxygens (including phenoxy) is 1. The van der Waals surface area contributed by atoms with Crippen LogP contribution >= 0.6 is 0 Å². The maximum atomic E-state index is 14.5. The maximum absolute atomic E-state index is 14.5. The van der Waals surface area contributed by atoms with Crippen LogP contribution in [0, 0.1) is 18.6 Å². The quantitative estimate of drug-likeness (QED) is 0.517. The molecule has 3 aromatic rings. The lowest BCUT2D eigenvalue weighted by molar-refractivity contribution is -0.146. The Morgan fingerprint density at radius 3 is 2.42 bits per heavy atom. The number of sulfone groups is 1. The highest BCUT2D eigenvalue weighted by Crippen LogP contribution is 2.33. The molecule has 5 nitrogen and oxygen atoms in total. The van der Waals surface area contributed by atoms with Crippen molar-refractivity contribution in [3.8, 4) is 16.8 Å². The van der Waals surface area contributed by atoms with Crippen molar-refractivity contribution in [2.45, 2.75) is 38.2 Å². The van der Waals surface area contributed by atoms with E-state index < -0.39 is 21.5 Å². The molecule has 31 heavy (non-hydrogen) atoms. The highest BCUT2D eigenvalue weighted by Gasteiger charge is 2.19. The van der Waals surface area contributed by atoms with Crippen molar-refractivity contribution in [2.75, 3.05) is 6.26 Å². The summed E-state index contributed by atoms with van der Waals surface area (Å²) in [5, 5.41) is 0. The molecule has 0 radical (unpaired) electrons. The van der Waals surface area contributed by atoms with E-state index in [1.54, 1.807) is 43.8 Å². The zero-order chi connectivity index (χ0) is 22.9. The maximum Gasteiger partial charge on any atom is 0.310 e. The molecule has 0 bridgehead atoms. The van der Waals surface area contributed by atoms with E-state index >= 15 is 0 Å². The molecule has 8 heteroatoms. The number of carbonyl (C=O) groups is 1. The Hall–Kier alpha value is -3.00. The molecule has 0 aliphatic heterocycles. The van der Waals surface area contributed by atoms with E-state index in [9.17, 15) is 22.0 Å². The lowest BCUT2D eigenvalue weighted by atomic mass is 9.98. The Kier molecular flexibility index (Phi) is 6.31. The first-order valence-electron chi connectivity index (χ1n) is 9.62. The van der Waals surface area contributed by atoms with Crippen LogP contribution in [0.15, 0.2) is 53.7 Å². The highest BCUT2D eigenvalue weighted by atomic mass is 32.2. The minimum atomic E-state index is -3.61. The van der Waals surface area contributed by atoms with Crippen LogP contribution in [0.25, 0.3) is 16.8 Å². The van der Waals surface area contributed by atoms with Gasteiger partial charge in [-0.15, -0.1) is 0 Å². The van der Waals surface area contributed by atoms with Gasteiger partial charge in [-0.25, -0.2) is 17.2 Å². The molecule has 0 N–H and O–H groups in total. The Labute approximate surface area is 180 Å². The summed E-state index contributed by atoms with van der Waals surface area (Å²) in [6, 6.07) is 7.77. The third-order valence-corrected chi connectivity index (χ3v) is 5.84. The average Bonchev–Trinajstić information content (AvgIpc) is 3.08. The van der Waals surface area contributed by atoms with Crippen molar-refractivity contribution < 1.29 is 26.7 Å². The Morgan fingerprint density at radius 2 is 1.81 bits per heavy atom. The predicted octanol–water partition coefficient (Wildman–Crippen LogP) is 4.63. The summed E-state index contributed by atoms with van der Waals surface area (Å²) in [6.07, 6.45) is 4.29. The van der Waals surface area contributed by atoms with Crippen molar-refractivity contribution in [3.63, 3.8) is 0 Å². The molecule has 0 spiro atoms. The number of aromatic nitrogens is 1. The van der Waals surface area contributed by atoms with Crippen LogP contribution < -0.4 is 0 Å². The second-order valence-corrected chi connectivity index (χ2v) is 9.67. The number of hydrogen-bond donors (Lipinski definition) is 0. The van der Waals surface area contributed by atoms with Gasteiger partial charge in [-0.3, -0.25) is 4.79 Å². The van der Waals surface area contributed by atoms with Crippen molar-refractivity contribution in [1.82, 2.24) is 4.57 Å². The fourth-order valence-electron chi connectivity index (χ4n) is 3.31. The van der Waals surface area contributed by atoms with Gasteiger partial charge in [0.15, 0.2) is 9.84 Å². The first-order valence-corrected chi connectivity index (χ1v) is 11.5. The summed E-state index contributed by atoms with van der Waals surface area (Å²) in [7, 11) is -3.61. The summed E-state index contributed by atoms with van der Waals surface area (Å²) in [6.45, 7) is 5.25. The van der Waals surface area contributed by atoms with Crippen LogP contribution in [0.5, 0.6) is 0 Å². The van der Waals surface area contributed by atoms with Crippen LogP contribution in [-0.4, -0.2) is 31.3 Å². The molecular formula is C23H23F2NO4S. The topological polar surface area (TPSA) is 65.4 Å². The van der Waals surface area contributed by atoms with Crippen molar-refractivity contribution >= 4 is 15.8 Å². The van der Waals surface area contributed by atoms with Gasteiger partial charge in [-0.2, -0.15) is 0 Å². The van der Waals surface area contributed by atoms with Gasteiger partial charge in [0.25, 0.3) is 0 Å². The van der Waals surface area contributed by atoms with Crippen LogP contribution in [0.3, 0.4) is 0 Å². The molecule has 1 heterocycles. The first-order chi connectivity index (χ1) is 14.5. The SMILES string of the molecule is Cc1c(-c2ccc(F)cc2F)cc(S(C)(=O)=O)cc1-n1ccc(CC(=O)OC(C)C)c1. The number of hydrogen-bond acceptors (Lipinski definition) is 4. The third kappa shape index (κ3) is 5.19. The molecule has 164 valence electrons. The highest BCUT2D eigenvalue weighted by molar-refractivity contribution is 7.90. The van der Waals surface area contributed by atoms with E-state index in [0.29, 0.717) is 22.4 Å². The van der Waals surface area contributed by atoms with Gasteiger partial charge in [-0.1, -0.05) is 0 Å². The van der Waals surface area contributed by atoms with Crippen LogP contribution in [0.1, 0.15) is 25.0 Å². The van der Waals surface area contributed by atoms with Crippen molar-refractivity contribution in [3.05, 3.63) is 71.6 Å². The molecule has 0 saturated heterocycles. The van der Waals surface area contributed by atoms with E-state index in [-0.39, 0.29) is 29.0 Å². The molecule has 0 fully saturated rings. The number of rotatable bonds is 6. The molecule has 0 aliphatic carbocycles. The van der Waals surface area contributed by atoms with Crippen LogP contribution in [0.2, 0.25) is 0 Å². The number of carbonyl (C=O) groups excluding carboxylic acids is 1. The van der Waals surface area contributed by atoms with Crippen molar-refractivity contribution in [2.24, 2.45) is 0 Å². The number of esters is 1. The minimum absolute atomic E-state index is 0.00120. The van der Waals surface area contributed by atoms with Gasteiger partial charge in [-0.05, 0) is 67.8 Å². The summed E-state index contributed by atoms with van der Waals surface area (Å²) >= 11 is 0. The van der Waals surface area contributed by atoms with Gasteiger partial charge in [0.2, 0.25) is 0 Å². The molecule has 0 aliphatic rings. The molecule has 0 amide bonds. The zero-order valence-corrected chi connectivity index (χ0v) is 18.5. The van der Waals surface area contributed by atoms with Gasteiger partial charge >= 0.3 is 5.97 Å². The zero-order valence-electron chi connectivity index (χ0n) is 17.6. The van der Waals surface area contributed by atoms with Gasteiger partial charge in [0.05, 0.1) is 17.4 Å². The summed E-state index contributed by atoms with van der Waals surface area (Å²) in [5.41, 5.74) is 2.22. The molecule has 1 aromatic heterocycles. The number of nitrogens with zero attached hydrogens (tertiary/aromatic N) is 1. The van der Waals surface area contributed by atoms with Crippen molar-refractivity contribution in [1.29, 1.82) is 0 Å². The Morgan fingerprint density at radius 1 is 1.10 bits per heavy atom. The largest absolute Gasteiger partial charge is 0.463 e. The van der Waals surface area contributed by atoms with E-state index in [1.807, 2.05) is 0 Å². The molecule has 0 atom stereocenters. The standard InChI is InChI=1S/C23H23F2NO4S/c1-14(2)30-23(27)9-16-7-8-26(13-16)22-12-18(31(4,28)29)11-20(15(22)3)19-6-5-17(24)10-21(19)25/h5-8,10-14H,9H2,1-4H3. The fraction of sp³-hybridized carbons (Fsp3) is 0.261. The average molecular weight is 448 g/mol.